The van der Waals surface area contributed by atoms with Gasteiger partial charge >= 0.3 is 23.1 Å². The zero-order valence-corrected chi connectivity index (χ0v) is 4.12. The molecule has 0 fully saturated rings. The summed E-state index contributed by atoms with van der Waals surface area (Å²) >= 11 is 0. The predicted molar refractivity (Wildman–Crippen MR) is 22.4 cm³/mol. The van der Waals surface area contributed by atoms with Gasteiger partial charge in [0.1, 0.15) is 0 Å². The quantitative estimate of drug-likeness (QED) is 0.279. The predicted octanol–water partition coefficient (Wildman–Crippen LogP) is -3.45. The summed E-state index contributed by atoms with van der Waals surface area (Å²) in [5.74, 6) is 0. The first-order valence-corrected chi connectivity index (χ1v) is 0. The van der Waals surface area contributed by atoms with Crippen LogP contribution in [0.25, 0.3) is 0 Å². The number of hydrogen-bond acceptors (Lipinski definition) is 0. The van der Waals surface area contributed by atoms with Crippen molar-refractivity contribution in [3.05, 3.63) is 0 Å². The van der Waals surface area contributed by atoms with Crippen molar-refractivity contribution >= 4 is 23.1 Å². The summed E-state index contributed by atoms with van der Waals surface area (Å²) in [6.45, 7) is 0. The molecule has 0 unspecified atom stereocenters. The van der Waals surface area contributed by atoms with Crippen LogP contribution < -0.4 is 0 Å². The Morgan fingerprint density at radius 1 is 0.600 bits per heavy atom. The first kappa shape index (κ1) is 324. The molecule has 0 atom stereocenters. The first-order chi connectivity index (χ1) is 0. The fourth-order valence-electron chi connectivity index (χ4n) is 0. The third-order valence-corrected chi connectivity index (χ3v) is 0. The SMILES string of the molecule is O.O.O.O.[H-].[H-].[Mg+2]. The van der Waals surface area contributed by atoms with Gasteiger partial charge in [0.15, 0.2) is 0 Å². The minimum Gasteiger partial charge on any atom is -1.00 e. The van der Waals surface area contributed by atoms with Gasteiger partial charge in [0, 0.05) is 0 Å². The molecule has 0 aliphatic carbocycles. The monoisotopic (exact) mass is 98.0 g/mol. The summed E-state index contributed by atoms with van der Waals surface area (Å²) in [7, 11) is 0. The van der Waals surface area contributed by atoms with E-state index in [0.717, 1.165) is 0 Å². The standard InChI is InChI=1S/Mg.4H2O.2H/h;4*1H2;;/q+2;;;;;2*-1. The van der Waals surface area contributed by atoms with Gasteiger partial charge < -0.3 is 24.8 Å². The van der Waals surface area contributed by atoms with E-state index in [1.807, 2.05) is 0 Å². The molecule has 0 aromatic rings. The molecule has 0 aromatic carbocycles. The third-order valence-electron chi connectivity index (χ3n) is 0. The molecule has 0 aliphatic heterocycles. The van der Waals surface area contributed by atoms with Crippen LogP contribution in [0.5, 0.6) is 0 Å². The van der Waals surface area contributed by atoms with Gasteiger partial charge in [0.2, 0.25) is 0 Å². The summed E-state index contributed by atoms with van der Waals surface area (Å²) in [6.07, 6.45) is 0. The molecule has 5 heteroatoms. The van der Waals surface area contributed by atoms with Crippen LogP contribution in [0, 0.1) is 0 Å². The molecule has 0 spiro atoms. The van der Waals surface area contributed by atoms with E-state index in [1.54, 1.807) is 0 Å². The van der Waals surface area contributed by atoms with Gasteiger partial charge in [-0.2, -0.15) is 0 Å². The van der Waals surface area contributed by atoms with Crippen molar-refractivity contribution in [3.63, 3.8) is 0 Å². The van der Waals surface area contributed by atoms with Crippen molar-refractivity contribution in [2.75, 3.05) is 0 Å². The van der Waals surface area contributed by atoms with Crippen LogP contribution in [0.1, 0.15) is 2.85 Å². The van der Waals surface area contributed by atoms with E-state index in [2.05, 4.69) is 0 Å². The molecule has 36 valence electrons. The molecule has 0 aromatic heterocycles. The van der Waals surface area contributed by atoms with E-state index >= 15 is 0 Å². The van der Waals surface area contributed by atoms with Crippen molar-refractivity contribution < 1.29 is 24.8 Å². The Kier molecular flexibility index (Phi) is 10600. The van der Waals surface area contributed by atoms with E-state index in [-0.39, 0.29) is 47.8 Å². The second kappa shape index (κ2) is 163. The second-order valence-corrected chi connectivity index (χ2v) is 0. The van der Waals surface area contributed by atoms with Crippen molar-refractivity contribution in [2.24, 2.45) is 0 Å². The molecule has 8 N–H and O–H groups in total. The van der Waals surface area contributed by atoms with Crippen LogP contribution in [0.2, 0.25) is 0 Å². The Balaban J connectivity index is 0. The molecule has 5 heavy (non-hydrogen) atoms. The summed E-state index contributed by atoms with van der Waals surface area (Å²) in [6, 6.07) is 0. The van der Waals surface area contributed by atoms with Crippen molar-refractivity contribution in [3.8, 4) is 0 Å². The molecule has 0 rings (SSSR count). The minimum atomic E-state index is 0. The Morgan fingerprint density at radius 2 is 0.600 bits per heavy atom. The minimum absolute atomic E-state index is 0. The zero-order valence-electron chi connectivity index (χ0n) is 4.71. The largest absolute Gasteiger partial charge is 2.00 e. The van der Waals surface area contributed by atoms with E-state index in [4.69, 9.17) is 0 Å². The zero-order chi connectivity index (χ0) is 0. The maximum absolute atomic E-state index is 0. The van der Waals surface area contributed by atoms with E-state index in [1.165, 1.54) is 0 Å². The Labute approximate surface area is 48.5 Å². The van der Waals surface area contributed by atoms with Crippen LogP contribution >= 0.6 is 0 Å². The smallest absolute Gasteiger partial charge is 1.00 e. The molecule has 0 saturated heterocycles. The van der Waals surface area contributed by atoms with Crippen molar-refractivity contribution in [2.45, 2.75) is 0 Å². The van der Waals surface area contributed by atoms with Gasteiger partial charge in [-0.1, -0.05) is 0 Å². The van der Waals surface area contributed by atoms with Crippen molar-refractivity contribution in [1.82, 2.24) is 0 Å². The maximum Gasteiger partial charge on any atom is 2.00 e. The van der Waals surface area contributed by atoms with Crippen LogP contribution in [0.3, 0.4) is 0 Å². The second-order valence-electron chi connectivity index (χ2n) is 0. The molecule has 0 bridgehead atoms. The van der Waals surface area contributed by atoms with E-state index < -0.39 is 0 Å². The summed E-state index contributed by atoms with van der Waals surface area (Å²) in [4.78, 5) is 0. The van der Waals surface area contributed by atoms with Gasteiger partial charge in [0.25, 0.3) is 0 Å². The third kappa shape index (κ3) is 85.1. The molecular formula is H10MgO4. The first-order valence-electron chi connectivity index (χ1n) is 0. The van der Waals surface area contributed by atoms with Gasteiger partial charge in [-0.15, -0.1) is 0 Å². The fraction of sp³-hybridized carbons (Fsp3) is 0. The van der Waals surface area contributed by atoms with E-state index in [9.17, 15) is 0 Å². The molecule has 0 aliphatic rings. The summed E-state index contributed by atoms with van der Waals surface area (Å²) in [5, 5.41) is 0. The van der Waals surface area contributed by atoms with Crippen LogP contribution in [0.4, 0.5) is 0 Å². The van der Waals surface area contributed by atoms with Gasteiger partial charge in [-0.05, 0) is 0 Å². The number of rotatable bonds is 0. The topological polar surface area (TPSA) is 126 Å². The van der Waals surface area contributed by atoms with Crippen LogP contribution in [-0.2, 0) is 0 Å². The number of hydrogen-bond donors (Lipinski definition) is 0. The molecule has 0 heterocycles. The van der Waals surface area contributed by atoms with E-state index in [0.29, 0.717) is 0 Å². The average Bonchev–Trinajstić information content (AvgIpc) is 0. The Morgan fingerprint density at radius 3 is 0.600 bits per heavy atom. The molecule has 0 radical (unpaired) electrons. The molecular weight excluding hydrogens is 88.3 g/mol. The maximum atomic E-state index is 0. The van der Waals surface area contributed by atoms with Gasteiger partial charge in [0.05, 0.1) is 0 Å². The van der Waals surface area contributed by atoms with Crippen molar-refractivity contribution in [1.29, 1.82) is 0 Å². The van der Waals surface area contributed by atoms with Gasteiger partial charge in [-0.25, -0.2) is 0 Å². The average molecular weight is 98.4 g/mol. The fourth-order valence-corrected chi connectivity index (χ4v) is 0. The Hall–Kier alpha value is 0.606. The molecule has 0 saturated carbocycles. The summed E-state index contributed by atoms with van der Waals surface area (Å²) < 4.78 is 0. The van der Waals surface area contributed by atoms with Crippen LogP contribution in [0.15, 0.2) is 0 Å². The van der Waals surface area contributed by atoms with Gasteiger partial charge in [-0.3, -0.25) is 0 Å². The molecule has 0 amide bonds. The summed E-state index contributed by atoms with van der Waals surface area (Å²) in [5.41, 5.74) is 0. The molecule has 4 nitrogen and oxygen atoms in total. The Bertz CT molecular complexity index is 9.65. The van der Waals surface area contributed by atoms with Crippen LogP contribution in [-0.4, -0.2) is 45.0 Å². The normalized spacial score (nSPS) is 0.